The molecular formula is C13H11ClFN3O4S. The predicted molar refractivity (Wildman–Crippen MR) is 78.8 cm³/mol. The number of benzene rings is 1. The summed E-state index contributed by atoms with van der Waals surface area (Å²) in [5.41, 5.74) is 0.291. The summed E-state index contributed by atoms with van der Waals surface area (Å²) in [4.78, 5) is 18.7. The molecule has 2 aromatic rings. The molecule has 2 rings (SSSR count). The number of nitrogens with zero attached hydrogens (tertiary/aromatic N) is 2. The number of carbonyl (C=O) groups excluding carboxylic acids is 1. The van der Waals surface area contributed by atoms with Gasteiger partial charge in [-0.1, -0.05) is 11.6 Å². The Morgan fingerprint density at radius 3 is 2.65 bits per heavy atom. The van der Waals surface area contributed by atoms with Crippen LogP contribution in [0.5, 0.6) is 0 Å². The Morgan fingerprint density at radius 1 is 1.35 bits per heavy atom. The molecule has 0 fully saturated rings. The number of hydrogen-bond donors (Lipinski definition) is 1. The summed E-state index contributed by atoms with van der Waals surface area (Å²) < 4.78 is 44.0. The fourth-order valence-corrected chi connectivity index (χ4v) is 2.82. The van der Waals surface area contributed by atoms with Crippen LogP contribution in [-0.2, 0) is 21.3 Å². The number of rotatable bonds is 5. The van der Waals surface area contributed by atoms with Gasteiger partial charge in [0.1, 0.15) is 5.82 Å². The van der Waals surface area contributed by atoms with Crippen LogP contribution in [0, 0.1) is 5.82 Å². The molecule has 1 aromatic heterocycles. The number of aromatic nitrogens is 2. The zero-order valence-electron chi connectivity index (χ0n) is 11.8. The zero-order chi connectivity index (χ0) is 17.0. The largest absolute Gasteiger partial charge is 0.464 e. The van der Waals surface area contributed by atoms with Crippen molar-refractivity contribution in [2.45, 2.75) is 11.4 Å². The Balaban J connectivity index is 2.09. The predicted octanol–water partition coefficient (Wildman–Crippen LogP) is 1.53. The van der Waals surface area contributed by atoms with Crippen LogP contribution in [0.4, 0.5) is 4.39 Å². The maximum atomic E-state index is 13.1. The molecule has 0 bridgehead atoms. The SMILES string of the molecule is COC(=O)c1cnc(CNS(=O)(=O)c2ccc(F)c(Cl)c2)cn1. The number of nitrogens with one attached hydrogen (secondary N) is 1. The van der Waals surface area contributed by atoms with E-state index in [1.54, 1.807) is 0 Å². The van der Waals surface area contributed by atoms with Crippen molar-refractivity contribution in [1.82, 2.24) is 14.7 Å². The van der Waals surface area contributed by atoms with Crippen molar-refractivity contribution in [3.8, 4) is 0 Å². The molecule has 122 valence electrons. The Kier molecular flexibility index (Phi) is 5.24. The molecule has 0 amide bonds. The Morgan fingerprint density at radius 2 is 2.09 bits per heavy atom. The molecule has 0 radical (unpaired) electrons. The van der Waals surface area contributed by atoms with Crippen molar-refractivity contribution in [3.05, 3.63) is 52.8 Å². The summed E-state index contributed by atoms with van der Waals surface area (Å²) in [7, 11) is -2.68. The highest BCUT2D eigenvalue weighted by molar-refractivity contribution is 7.89. The molecular weight excluding hydrogens is 349 g/mol. The molecule has 0 spiro atoms. The van der Waals surface area contributed by atoms with E-state index in [1.165, 1.54) is 19.5 Å². The zero-order valence-corrected chi connectivity index (χ0v) is 13.4. The van der Waals surface area contributed by atoms with Crippen LogP contribution in [0.25, 0.3) is 0 Å². The molecule has 0 aliphatic carbocycles. The quantitative estimate of drug-likeness (QED) is 0.813. The second-order valence-corrected chi connectivity index (χ2v) is 6.46. The van der Waals surface area contributed by atoms with E-state index < -0.39 is 21.8 Å². The molecule has 1 heterocycles. The normalized spacial score (nSPS) is 11.3. The van der Waals surface area contributed by atoms with Gasteiger partial charge in [-0.3, -0.25) is 4.98 Å². The third-order valence-corrected chi connectivity index (χ3v) is 4.43. The molecule has 0 unspecified atom stereocenters. The molecule has 0 atom stereocenters. The molecule has 0 saturated carbocycles. The smallest absolute Gasteiger partial charge is 0.358 e. The second kappa shape index (κ2) is 6.99. The minimum atomic E-state index is -3.89. The van der Waals surface area contributed by atoms with E-state index in [1.807, 2.05) is 0 Å². The van der Waals surface area contributed by atoms with Crippen LogP contribution >= 0.6 is 11.6 Å². The minimum absolute atomic E-state index is 0.00410. The van der Waals surface area contributed by atoms with E-state index in [-0.39, 0.29) is 27.9 Å². The number of esters is 1. The molecule has 0 aliphatic heterocycles. The average molecular weight is 360 g/mol. The summed E-state index contributed by atoms with van der Waals surface area (Å²) in [6.45, 7) is -0.161. The summed E-state index contributed by atoms with van der Waals surface area (Å²) in [6.07, 6.45) is 2.41. The van der Waals surface area contributed by atoms with E-state index in [9.17, 15) is 17.6 Å². The van der Waals surface area contributed by atoms with E-state index >= 15 is 0 Å². The van der Waals surface area contributed by atoms with Crippen molar-refractivity contribution in [2.75, 3.05) is 7.11 Å². The maximum absolute atomic E-state index is 13.1. The van der Waals surface area contributed by atoms with Crippen molar-refractivity contribution in [3.63, 3.8) is 0 Å². The van der Waals surface area contributed by atoms with Crippen molar-refractivity contribution < 1.29 is 22.3 Å². The monoisotopic (exact) mass is 359 g/mol. The highest BCUT2D eigenvalue weighted by Gasteiger charge is 2.16. The molecule has 1 N–H and O–H groups in total. The van der Waals surface area contributed by atoms with Gasteiger partial charge in [0.25, 0.3) is 0 Å². The Labute approximate surface area is 136 Å². The van der Waals surface area contributed by atoms with E-state index in [4.69, 9.17) is 11.6 Å². The molecule has 1 aromatic carbocycles. The Hall–Kier alpha value is -2.10. The molecule has 0 aliphatic rings. The van der Waals surface area contributed by atoms with Gasteiger partial charge in [0.15, 0.2) is 5.69 Å². The molecule has 7 nitrogen and oxygen atoms in total. The lowest BCUT2D eigenvalue weighted by molar-refractivity contribution is 0.0593. The van der Waals surface area contributed by atoms with Gasteiger partial charge in [-0.15, -0.1) is 0 Å². The number of ether oxygens (including phenoxy) is 1. The average Bonchev–Trinajstić information content (AvgIpc) is 2.55. The van der Waals surface area contributed by atoms with Crippen molar-refractivity contribution >= 4 is 27.6 Å². The lowest BCUT2D eigenvalue weighted by Crippen LogP contribution is -2.24. The molecule has 10 heteroatoms. The first kappa shape index (κ1) is 17.3. The lowest BCUT2D eigenvalue weighted by atomic mass is 10.3. The molecule has 23 heavy (non-hydrogen) atoms. The van der Waals surface area contributed by atoms with Gasteiger partial charge >= 0.3 is 5.97 Å². The van der Waals surface area contributed by atoms with Crippen molar-refractivity contribution in [1.29, 1.82) is 0 Å². The third kappa shape index (κ3) is 4.21. The van der Waals surface area contributed by atoms with Crippen LogP contribution in [0.15, 0.2) is 35.5 Å². The van der Waals surface area contributed by atoms with Crippen LogP contribution in [0.2, 0.25) is 5.02 Å². The van der Waals surface area contributed by atoms with Gasteiger partial charge in [0.05, 0.1) is 41.7 Å². The van der Waals surface area contributed by atoms with Crippen LogP contribution < -0.4 is 4.72 Å². The van der Waals surface area contributed by atoms with Gasteiger partial charge in [-0.25, -0.2) is 27.3 Å². The summed E-state index contributed by atoms with van der Waals surface area (Å²) in [6, 6.07) is 3.06. The van der Waals surface area contributed by atoms with Crippen LogP contribution in [-0.4, -0.2) is 31.5 Å². The number of hydrogen-bond acceptors (Lipinski definition) is 6. The third-order valence-electron chi connectivity index (χ3n) is 2.74. The van der Waals surface area contributed by atoms with Gasteiger partial charge in [0, 0.05) is 0 Å². The van der Waals surface area contributed by atoms with Crippen molar-refractivity contribution in [2.24, 2.45) is 0 Å². The highest BCUT2D eigenvalue weighted by Crippen LogP contribution is 2.19. The van der Waals surface area contributed by atoms with Gasteiger partial charge < -0.3 is 4.74 Å². The summed E-state index contributed by atoms with van der Waals surface area (Å²) in [5, 5.41) is -0.296. The van der Waals surface area contributed by atoms with E-state index in [2.05, 4.69) is 19.4 Å². The first-order valence-electron chi connectivity index (χ1n) is 6.17. The maximum Gasteiger partial charge on any atom is 0.358 e. The summed E-state index contributed by atoms with van der Waals surface area (Å²) >= 11 is 5.56. The summed E-state index contributed by atoms with van der Waals surface area (Å²) in [5.74, 6) is -1.36. The fourth-order valence-electron chi connectivity index (χ4n) is 1.55. The first-order chi connectivity index (χ1) is 10.8. The fraction of sp³-hybridized carbons (Fsp3) is 0.154. The van der Waals surface area contributed by atoms with Gasteiger partial charge in [-0.2, -0.15) is 0 Å². The molecule has 0 saturated heterocycles. The Bertz CT molecular complexity index is 828. The van der Waals surface area contributed by atoms with E-state index in [0.29, 0.717) is 0 Å². The van der Waals surface area contributed by atoms with Gasteiger partial charge in [-0.05, 0) is 18.2 Å². The standard InChI is InChI=1S/C13H11ClFN3O4S/c1-22-13(19)12-7-16-8(5-17-12)6-18-23(20,21)9-2-3-11(15)10(14)4-9/h2-5,7,18H,6H2,1H3. The number of methoxy groups -OCH3 is 1. The van der Waals surface area contributed by atoms with E-state index in [0.717, 1.165) is 18.2 Å². The highest BCUT2D eigenvalue weighted by atomic mass is 35.5. The lowest BCUT2D eigenvalue weighted by Gasteiger charge is -2.07. The van der Waals surface area contributed by atoms with Gasteiger partial charge in [0.2, 0.25) is 10.0 Å². The number of halogens is 2. The minimum Gasteiger partial charge on any atom is -0.464 e. The topological polar surface area (TPSA) is 98.2 Å². The van der Waals surface area contributed by atoms with Crippen LogP contribution in [0.3, 0.4) is 0 Å². The van der Waals surface area contributed by atoms with Crippen LogP contribution in [0.1, 0.15) is 16.2 Å². The second-order valence-electron chi connectivity index (χ2n) is 4.29. The number of carbonyl (C=O) groups is 1. The number of sulfonamides is 1. The first-order valence-corrected chi connectivity index (χ1v) is 8.03.